The van der Waals surface area contributed by atoms with Crippen molar-refractivity contribution < 1.29 is 0 Å². The summed E-state index contributed by atoms with van der Waals surface area (Å²) in [6, 6.07) is 7.58. The maximum absolute atomic E-state index is 3.55. The van der Waals surface area contributed by atoms with Gasteiger partial charge in [0.05, 0.1) is 0 Å². The molecule has 0 saturated carbocycles. The van der Waals surface area contributed by atoms with Crippen molar-refractivity contribution in [3.05, 3.63) is 29.3 Å². The monoisotopic (exact) mass is 221 g/mol. The number of rotatable bonds is 3. The van der Waals surface area contributed by atoms with Crippen LogP contribution in [0.2, 0.25) is 0 Å². The van der Waals surface area contributed by atoms with E-state index in [4.69, 9.17) is 0 Å². The second kappa shape index (κ2) is 5.04. The lowest BCUT2D eigenvalue weighted by molar-refractivity contribution is 0.602. The normalized spacial score (nSPS) is 20.8. The van der Waals surface area contributed by atoms with E-state index < -0.39 is 0 Å². The predicted octanol–water partition coefficient (Wildman–Crippen LogP) is 3.01. The highest BCUT2D eigenvalue weighted by Gasteiger charge is 2.14. The minimum absolute atomic E-state index is 0.711. The van der Waals surface area contributed by atoms with Crippen LogP contribution in [0.5, 0.6) is 0 Å². The van der Waals surface area contributed by atoms with E-state index >= 15 is 0 Å². The molecule has 15 heavy (non-hydrogen) atoms. The van der Waals surface area contributed by atoms with Gasteiger partial charge in [-0.15, -0.1) is 11.8 Å². The summed E-state index contributed by atoms with van der Waals surface area (Å²) in [6.07, 6.45) is 6.02. The summed E-state index contributed by atoms with van der Waals surface area (Å²) >= 11 is 1.85. The summed E-state index contributed by atoms with van der Waals surface area (Å²) in [5.41, 5.74) is 2.87. The quantitative estimate of drug-likeness (QED) is 0.787. The van der Waals surface area contributed by atoms with Gasteiger partial charge in [-0.3, -0.25) is 0 Å². The zero-order chi connectivity index (χ0) is 10.7. The van der Waals surface area contributed by atoms with Crippen molar-refractivity contribution >= 4 is 11.8 Å². The van der Waals surface area contributed by atoms with Gasteiger partial charge in [0.15, 0.2) is 0 Å². The van der Waals surface area contributed by atoms with Crippen molar-refractivity contribution in [1.29, 1.82) is 0 Å². The minimum atomic E-state index is 0.711. The van der Waals surface area contributed by atoms with Crippen LogP contribution < -0.4 is 5.32 Å². The van der Waals surface area contributed by atoms with Crippen molar-refractivity contribution in [2.75, 3.05) is 12.8 Å². The van der Waals surface area contributed by atoms with Crippen LogP contribution in [0.3, 0.4) is 0 Å². The number of aryl methyl sites for hydroxylation is 1. The Hall–Kier alpha value is -0.470. The predicted molar refractivity (Wildman–Crippen MR) is 67.7 cm³/mol. The number of hydrogen-bond acceptors (Lipinski definition) is 2. The molecule has 0 amide bonds. The Morgan fingerprint density at radius 2 is 2.33 bits per heavy atom. The van der Waals surface area contributed by atoms with Crippen LogP contribution in [0.15, 0.2) is 23.1 Å². The number of hydrogen-bond donors (Lipinski definition) is 1. The van der Waals surface area contributed by atoms with E-state index in [1.165, 1.54) is 41.8 Å². The summed E-state index contributed by atoms with van der Waals surface area (Å²) in [7, 11) is 0. The molecule has 1 heterocycles. The molecule has 0 radical (unpaired) electrons. The number of benzene rings is 1. The van der Waals surface area contributed by atoms with Crippen LogP contribution in [0, 0.1) is 6.92 Å². The SMILES string of the molecule is CSc1cc(CC2CCCN2)ccc1C. The zero-order valence-corrected chi connectivity index (χ0v) is 10.4. The van der Waals surface area contributed by atoms with Crippen LogP contribution in [-0.4, -0.2) is 18.8 Å². The fourth-order valence-corrected chi connectivity index (χ4v) is 2.87. The first kappa shape index (κ1) is 11.0. The minimum Gasteiger partial charge on any atom is -0.314 e. The highest BCUT2D eigenvalue weighted by atomic mass is 32.2. The smallest absolute Gasteiger partial charge is 0.0108 e. The van der Waals surface area contributed by atoms with Crippen LogP contribution in [-0.2, 0) is 6.42 Å². The lowest BCUT2D eigenvalue weighted by Crippen LogP contribution is -2.23. The van der Waals surface area contributed by atoms with Gasteiger partial charge < -0.3 is 5.32 Å². The molecule has 1 fully saturated rings. The third kappa shape index (κ3) is 2.76. The molecule has 0 aliphatic carbocycles. The fourth-order valence-electron chi connectivity index (χ4n) is 2.21. The Bertz CT molecular complexity index is 329. The lowest BCUT2D eigenvalue weighted by atomic mass is 10.0. The molecule has 1 aliphatic heterocycles. The van der Waals surface area contributed by atoms with E-state index in [1.54, 1.807) is 0 Å². The van der Waals surface area contributed by atoms with E-state index in [-0.39, 0.29) is 0 Å². The van der Waals surface area contributed by atoms with E-state index in [0.29, 0.717) is 6.04 Å². The third-order valence-electron chi connectivity index (χ3n) is 3.12. The molecule has 0 spiro atoms. The molecule has 82 valence electrons. The molecule has 2 heteroatoms. The molecule has 1 atom stereocenters. The van der Waals surface area contributed by atoms with Crippen LogP contribution in [0.4, 0.5) is 0 Å². The topological polar surface area (TPSA) is 12.0 Å². The van der Waals surface area contributed by atoms with Gasteiger partial charge in [-0.2, -0.15) is 0 Å². The van der Waals surface area contributed by atoms with Crippen LogP contribution >= 0.6 is 11.8 Å². The van der Waals surface area contributed by atoms with Gasteiger partial charge in [0.2, 0.25) is 0 Å². The van der Waals surface area contributed by atoms with Crippen molar-refractivity contribution in [2.24, 2.45) is 0 Å². The molecular formula is C13H19NS. The van der Waals surface area contributed by atoms with E-state index in [9.17, 15) is 0 Å². The molecule has 1 aliphatic rings. The summed E-state index contributed by atoms with van der Waals surface area (Å²) < 4.78 is 0. The molecule has 2 rings (SSSR count). The average molecular weight is 221 g/mol. The molecule has 0 aromatic heterocycles. The lowest BCUT2D eigenvalue weighted by Gasteiger charge is -2.11. The number of nitrogens with one attached hydrogen (secondary N) is 1. The first-order valence-corrected chi connectivity index (χ1v) is 6.89. The third-order valence-corrected chi connectivity index (χ3v) is 4.00. The van der Waals surface area contributed by atoms with E-state index in [1.807, 2.05) is 11.8 Å². The Balaban J connectivity index is 2.07. The van der Waals surface area contributed by atoms with Gasteiger partial charge in [-0.25, -0.2) is 0 Å². The van der Waals surface area contributed by atoms with Crippen molar-refractivity contribution in [3.8, 4) is 0 Å². The summed E-state index contributed by atoms with van der Waals surface area (Å²) in [6.45, 7) is 3.38. The Morgan fingerprint density at radius 3 is 3.00 bits per heavy atom. The van der Waals surface area contributed by atoms with Gasteiger partial charge in [0, 0.05) is 10.9 Å². The first-order chi connectivity index (χ1) is 7.29. The van der Waals surface area contributed by atoms with Gasteiger partial charge in [-0.05, 0) is 56.2 Å². The number of thioether (sulfide) groups is 1. The largest absolute Gasteiger partial charge is 0.314 e. The maximum atomic E-state index is 3.55. The zero-order valence-electron chi connectivity index (χ0n) is 9.55. The fraction of sp³-hybridized carbons (Fsp3) is 0.538. The average Bonchev–Trinajstić information content (AvgIpc) is 2.73. The summed E-state index contributed by atoms with van der Waals surface area (Å²) in [5, 5.41) is 3.55. The van der Waals surface area contributed by atoms with Crippen LogP contribution in [0.25, 0.3) is 0 Å². The highest BCUT2D eigenvalue weighted by Crippen LogP contribution is 2.22. The van der Waals surface area contributed by atoms with Crippen molar-refractivity contribution in [3.63, 3.8) is 0 Å². The molecule has 1 unspecified atom stereocenters. The molecule has 1 aromatic rings. The summed E-state index contributed by atoms with van der Waals surface area (Å²) in [5.74, 6) is 0. The molecule has 0 bridgehead atoms. The Labute approximate surface area is 96.7 Å². The van der Waals surface area contributed by atoms with E-state index in [2.05, 4.69) is 36.7 Å². The second-order valence-corrected chi connectivity index (χ2v) is 5.15. The molecule has 1 nitrogen and oxygen atoms in total. The Morgan fingerprint density at radius 1 is 1.47 bits per heavy atom. The Kier molecular flexibility index (Phi) is 3.71. The highest BCUT2D eigenvalue weighted by molar-refractivity contribution is 7.98. The first-order valence-electron chi connectivity index (χ1n) is 5.66. The standard InChI is InChI=1S/C13H19NS/c1-10-5-6-11(9-13(10)15-2)8-12-4-3-7-14-12/h5-6,9,12,14H,3-4,7-8H2,1-2H3. The maximum Gasteiger partial charge on any atom is 0.0108 e. The van der Waals surface area contributed by atoms with Gasteiger partial charge in [-0.1, -0.05) is 12.1 Å². The molecule has 1 N–H and O–H groups in total. The molecule has 1 aromatic carbocycles. The summed E-state index contributed by atoms with van der Waals surface area (Å²) in [4.78, 5) is 1.42. The van der Waals surface area contributed by atoms with Gasteiger partial charge in [0.1, 0.15) is 0 Å². The molecule has 1 saturated heterocycles. The van der Waals surface area contributed by atoms with Crippen LogP contribution in [0.1, 0.15) is 24.0 Å². The van der Waals surface area contributed by atoms with Gasteiger partial charge >= 0.3 is 0 Å². The van der Waals surface area contributed by atoms with E-state index in [0.717, 1.165) is 0 Å². The van der Waals surface area contributed by atoms with Crippen molar-refractivity contribution in [1.82, 2.24) is 5.32 Å². The second-order valence-electron chi connectivity index (χ2n) is 4.30. The van der Waals surface area contributed by atoms with Gasteiger partial charge in [0.25, 0.3) is 0 Å². The molecular weight excluding hydrogens is 202 g/mol. The van der Waals surface area contributed by atoms with Crippen molar-refractivity contribution in [2.45, 2.75) is 37.1 Å².